The van der Waals surface area contributed by atoms with Crippen molar-refractivity contribution in [3.63, 3.8) is 0 Å². The first-order valence-electron chi connectivity index (χ1n) is 6.81. The third-order valence-electron chi connectivity index (χ3n) is 2.75. The number of aromatic nitrogens is 1. The van der Waals surface area contributed by atoms with E-state index >= 15 is 0 Å². The highest BCUT2D eigenvalue weighted by Gasteiger charge is 2.22. The van der Waals surface area contributed by atoms with Crippen LogP contribution in [0.2, 0.25) is 0 Å². The van der Waals surface area contributed by atoms with Crippen molar-refractivity contribution in [3.8, 4) is 11.6 Å². The fourth-order valence-electron chi connectivity index (χ4n) is 1.84. The van der Waals surface area contributed by atoms with Crippen molar-refractivity contribution in [1.29, 1.82) is 0 Å². The molecular weight excluding hydrogens is 323 g/mol. The number of nitrogens with zero attached hydrogens (tertiary/aromatic N) is 1. The fraction of sp³-hybridized carbons (Fsp3) is 0.267. The Morgan fingerprint density at radius 3 is 2.61 bits per heavy atom. The third kappa shape index (κ3) is 4.32. The minimum absolute atomic E-state index is 0.0786. The van der Waals surface area contributed by atoms with Crippen LogP contribution in [0.4, 0.5) is 10.1 Å². The second kappa shape index (κ2) is 6.82. The van der Waals surface area contributed by atoms with Crippen LogP contribution in [0.3, 0.4) is 0 Å². The Bertz CT molecular complexity index is 794. The zero-order chi connectivity index (χ0) is 17.0. The first kappa shape index (κ1) is 17.0. The van der Waals surface area contributed by atoms with E-state index in [-0.39, 0.29) is 28.3 Å². The van der Waals surface area contributed by atoms with Crippen LogP contribution in [0, 0.1) is 5.82 Å². The summed E-state index contributed by atoms with van der Waals surface area (Å²) < 4.78 is 51.3. The summed E-state index contributed by atoms with van der Waals surface area (Å²) in [5.41, 5.74) is 0.247. The second-order valence-electron chi connectivity index (χ2n) is 4.95. The molecule has 0 spiro atoms. The van der Waals surface area contributed by atoms with Crippen LogP contribution in [0.25, 0.3) is 0 Å². The van der Waals surface area contributed by atoms with Crippen LogP contribution in [0.15, 0.2) is 41.4 Å². The van der Waals surface area contributed by atoms with Gasteiger partial charge in [0.25, 0.3) is 10.0 Å². The topological polar surface area (TPSA) is 77.5 Å². The van der Waals surface area contributed by atoms with Crippen molar-refractivity contribution in [2.45, 2.75) is 24.8 Å². The summed E-state index contributed by atoms with van der Waals surface area (Å²) in [6.07, 6.45) is 1.14. The molecule has 23 heavy (non-hydrogen) atoms. The molecule has 1 aromatic heterocycles. The Kier molecular flexibility index (Phi) is 5.05. The molecule has 0 saturated heterocycles. The number of anilines is 1. The SMILES string of the molecule is COc1cc(NS(=O)(=O)c2cc(F)ccc2OC(C)C)ccn1. The lowest BCUT2D eigenvalue weighted by atomic mass is 10.3. The quantitative estimate of drug-likeness (QED) is 0.875. The lowest BCUT2D eigenvalue weighted by molar-refractivity contribution is 0.235. The van der Waals surface area contributed by atoms with Gasteiger partial charge in [0.15, 0.2) is 0 Å². The van der Waals surface area contributed by atoms with Crippen molar-refractivity contribution < 1.29 is 22.3 Å². The van der Waals surface area contributed by atoms with Gasteiger partial charge in [0.05, 0.1) is 18.9 Å². The predicted octanol–water partition coefficient (Wildman–Crippen LogP) is 2.82. The van der Waals surface area contributed by atoms with Crippen molar-refractivity contribution in [3.05, 3.63) is 42.3 Å². The van der Waals surface area contributed by atoms with E-state index in [1.54, 1.807) is 13.8 Å². The summed E-state index contributed by atoms with van der Waals surface area (Å²) in [7, 11) is -2.62. The number of rotatable bonds is 6. The summed E-state index contributed by atoms with van der Waals surface area (Å²) in [6.45, 7) is 3.50. The molecule has 0 fully saturated rings. The number of hydrogen-bond donors (Lipinski definition) is 1. The second-order valence-corrected chi connectivity index (χ2v) is 6.60. The van der Waals surface area contributed by atoms with Crippen molar-refractivity contribution in [1.82, 2.24) is 4.98 Å². The molecule has 1 heterocycles. The standard InChI is InChI=1S/C15H17FN2O4S/c1-10(2)22-13-5-4-11(16)8-14(13)23(19,20)18-12-6-7-17-15(9-12)21-3/h4-10H,1-3H3,(H,17,18). The Hall–Kier alpha value is -2.35. The highest BCUT2D eigenvalue weighted by Crippen LogP contribution is 2.28. The molecule has 124 valence electrons. The minimum atomic E-state index is -4.04. The van der Waals surface area contributed by atoms with E-state index in [2.05, 4.69) is 9.71 Å². The molecule has 1 N–H and O–H groups in total. The number of methoxy groups -OCH3 is 1. The maximum absolute atomic E-state index is 13.5. The fourth-order valence-corrected chi connectivity index (χ4v) is 3.03. The lowest BCUT2D eigenvalue weighted by Gasteiger charge is -2.15. The Morgan fingerprint density at radius 1 is 1.22 bits per heavy atom. The number of pyridine rings is 1. The molecule has 0 aliphatic rings. The van der Waals surface area contributed by atoms with E-state index < -0.39 is 15.8 Å². The van der Waals surface area contributed by atoms with Gasteiger partial charge < -0.3 is 9.47 Å². The Morgan fingerprint density at radius 2 is 1.96 bits per heavy atom. The van der Waals surface area contributed by atoms with Gasteiger partial charge in [-0.25, -0.2) is 17.8 Å². The van der Waals surface area contributed by atoms with E-state index in [1.807, 2.05) is 0 Å². The molecule has 8 heteroatoms. The molecule has 0 amide bonds. The molecular formula is C15H17FN2O4S. The number of benzene rings is 1. The van der Waals surface area contributed by atoms with Gasteiger partial charge in [-0.05, 0) is 38.1 Å². The zero-order valence-electron chi connectivity index (χ0n) is 12.9. The highest BCUT2D eigenvalue weighted by atomic mass is 32.2. The number of hydrogen-bond acceptors (Lipinski definition) is 5. The molecule has 0 aliphatic heterocycles. The van der Waals surface area contributed by atoms with Crippen LogP contribution >= 0.6 is 0 Å². The van der Waals surface area contributed by atoms with Gasteiger partial charge in [-0.2, -0.15) is 0 Å². The average molecular weight is 340 g/mol. The van der Waals surface area contributed by atoms with E-state index in [0.29, 0.717) is 0 Å². The van der Waals surface area contributed by atoms with Crippen molar-refractivity contribution >= 4 is 15.7 Å². The summed E-state index contributed by atoms with van der Waals surface area (Å²) in [5.74, 6) is -0.341. The molecule has 0 atom stereocenters. The van der Waals surface area contributed by atoms with Gasteiger partial charge in [0, 0.05) is 12.3 Å². The molecule has 0 radical (unpaired) electrons. The van der Waals surface area contributed by atoms with Crippen molar-refractivity contribution in [2.75, 3.05) is 11.8 Å². The van der Waals surface area contributed by atoms with Gasteiger partial charge in [0.1, 0.15) is 16.5 Å². The largest absolute Gasteiger partial charge is 0.490 e. The number of sulfonamides is 1. The zero-order valence-corrected chi connectivity index (χ0v) is 13.7. The Balaban J connectivity index is 2.40. The minimum Gasteiger partial charge on any atom is -0.490 e. The van der Waals surface area contributed by atoms with Gasteiger partial charge in [-0.1, -0.05) is 0 Å². The molecule has 6 nitrogen and oxygen atoms in total. The summed E-state index contributed by atoms with van der Waals surface area (Å²) >= 11 is 0. The summed E-state index contributed by atoms with van der Waals surface area (Å²) in [4.78, 5) is 3.61. The van der Waals surface area contributed by atoms with Crippen LogP contribution in [-0.2, 0) is 10.0 Å². The first-order chi connectivity index (χ1) is 10.8. The monoisotopic (exact) mass is 340 g/mol. The number of ether oxygens (including phenoxy) is 2. The molecule has 0 saturated carbocycles. The van der Waals surface area contributed by atoms with Crippen LogP contribution < -0.4 is 14.2 Å². The van der Waals surface area contributed by atoms with Crippen LogP contribution in [-0.4, -0.2) is 26.6 Å². The van der Waals surface area contributed by atoms with E-state index in [9.17, 15) is 12.8 Å². The maximum atomic E-state index is 13.5. The lowest BCUT2D eigenvalue weighted by Crippen LogP contribution is -2.16. The third-order valence-corrected chi connectivity index (χ3v) is 4.16. The van der Waals surface area contributed by atoms with E-state index in [1.165, 1.54) is 31.5 Å². The molecule has 2 rings (SSSR count). The molecule has 0 aliphatic carbocycles. The molecule has 1 aromatic carbocycles. The predicted molar refractivity (Wildman–Crippen MR) is 83.8 cm³/mol. The van der Waals surface area contributed by atoms with Gasteiger partial charge in [0.2, 0.25) is 5.88 Å². The summed E-state index contributed by atoms with van der Waals surface area (Å²) in [5, 5.41) is 0. The van der Waals surface area contributed by atoms with Gasteiger partial charge >= 0.3 is 0 Å². The first-order valence-corrected chi connectivity index (χ1v) is 8.29. The van der Waals surface area contributed by atoms with Crippen LogP contribution in [0.1, 0.15) is 13.8 Å². The van der Waals surface area contributed by atoms with Crippen LogP contribution in [0.5, 0.6) is 11.6 Å². The van der Waals surface area contributed by atoms with E-state index in [0.717, 1.165) is 12.1 Å². The number of nitrogens with one attached hydrogen (secondary N) is 1. The highest BCUT2D eigenvalue weighted by molar-refractivity contribution is 7.92. The molecule has 0 bridgehead atoms. The average Bonchev–Trinajstić information content (AvgIpc) is 2.48. The van der Waals surface area contributed by atoms with Gasteiger partial charge in [-0.15, -0.1) is 0 Å². The van der Waals surface area contributed by atoms with Gasteiger partial charge in [-0.3, -0.25) is 4.72 Å². The number of halogens is 1. The smallest absolute Gasteiger partial charge is 0.265 e. The summed E-state index contributed by atoms with van der Waals surface area (Å²) in [6, 6.07) is 6.23. The van der Waals surface area contributed by atoms with E-state index in [4.69, 9.17) is 9.47 Å². The van der Waals surface area contributed by atoms with Crippen molar-refractivity contribution in [2.24, 2.45) is 0 Å². The molecule has 0 unspecified atom stereocenters. The molecule has 2 aromatic rings. The normalized spacial score (nSPS) is 11.3. The maximum Gasteiger partial charge on any atom is 0.265 e. The Labute approximate surface area is 134 Å².